The lowest BCUT2D eigenvalue weighted by Gasteiger charge is -2.24. The molecule has 1 amide bonds. The smallest absolute Gasteiger partial charge is 0.306 e. The Hall–Kier alpha value is -2.70. The number of hydrogen-bond acceptors (Lipinski definition) is 5. The minimum Gasteiger partial charge on any atom is -0.462 e. The lowest BCUT2D eigenvalue weighted by Crippen LogP contribution is -2.46. The molecule has 6 heteroatoms. The van der Waals surface area contributed by atoms with E-state index in [2.05, 4.69) is 99.0 Å². The number of aliphatic hydroxyl groups excluding tert-OH is 2. The highest BCUT2D eigenvalue weighted by Gasteiger charge is 2.24. The first-order valence-electron chi connectivity index (χ1n) is 26.2. The molecule has 0 radical (unpaired) electrons. The Kier molecular flexibility index (Phi) is 47.2. The predicted octanol–water partition coefficient (Wildman–Crippen LogP) is 15.8. The number of unbranched alkanes of at least 4 members (excludes halogenated alkanes) is 26. The zero-order valence-electron chi connectivity index (χ0n) is 40.7. The maximum Gasteiger partial charge on any atom is 0.306 e. The molecule has 0 spiro atoms. The SMILES string of the molecule is CCCCC/C=C/C=C/C=C/C=C/CCCCCCCC(=O)OC(CCC/C=C/C=C/CCCCCCCCC)CC(=O)NC(CO)C(O)CCCCCCCCCCCCC. The molecule has 3 N–H and O–H groups in total. The molecule has 0 bridgehead atoms. The minimum absolute atomic E-state index is 0.0324. The van der Waals surface area contributed by atoms with Crippen LogP contribution in [-0.2, 0) is 14.3 Å². The van der Waals surface area contributed by atoms with E-state index in [0.717, 1.165) is 83.5 Å². The summed E-state index contributed by atoms with van der Waals surface area (Å²) >= 11 is 0. The van der Waals surface area contributed by atoms with E-state index in [1.165, 1.54) is 116 Å². The van der Waals surface area contributed by atoms with E-state index in [0.29, 0.717) is 19.3 Å². The number of allylic oxidation sites excluding steroid dienone is 12. The summed E-state index contributed by atoms with van der Waals surface area (Å²) < 4.78 is 5.90. The van der Waals surface area contributed by atoms with Crippen LogP contribution < -0.4 is 5.32 Å². The number of carbonyl (C=O) groups excluding carboxylic acids is 2. The topological polar surface area (TPSA) is 95.9 Å². The van der Waals surface area contributed by atoms with E-state index in [9.17, 15) is 19.8 Å². The van der Waals surface area contributed by atoms with Gasteiger partial charge in [0.05, 0.1) is 25.2 Å². The molecule has 6 nitrogen and oxygen atoms in total. The van der Waals surface area contributed by atoms with Gasteiger partial charge in [0.1, 0.15) is 6.10 Å². The Morgan fingerprint density at radius 3 is 1.32 bits per heavy atom. The Morgan fingerprint density at radius 2 is 0.839 bits per heavy atom. The third-order valence-corrected chi connectivity index (χ3v) is 11.6. The van der Waals surface area contributed by atoms with Gasteiger partial charge in [-0.2, -0.15) is 0 Å². The summed E-state index contributed by atoms with van der Waals surface area (Å²) in [5, 5.41) is 23.7. The molecule has 62 heavy (non-hydrogen) atoms. The normalized spacial score (nSPS) is 13.8. The fourth-order valence-electron chi connectivity index (χ4n) is 7.61. The highest BCUT2D eigenvalue weighted by molar-refractivity contribution is 5.77. The van der Waals surface area contributed by atoms with Crippen molar-refractivity contribution in [3.05, 3.63) is 72.9 Å². The summed E-state index contributed by atoms with van der Waals surface area (Å²) in [7, 11) is 0. The van der Waals surface area contributed by atoms with Crippen LogP contribution in [0.2, 0.25) is 0 Å². The largest absolute Gasteiger partial charge is 0.462 e. The molecule has 0 aliphatic rings. The van der Waals surface area contributed by atoms with Crippen LogP contribution in [0, 0.1) is 0 Å². The van der Waals surface area contributed by atoms with Crippen molar-refractivity contribution >= 4 is 11.9 Å². The van der Waals surface area contributed by atoms with Crippen LogP contribution in [0.4, 0.5) is 0 Å². The number of esters is 1. The summed E-state index contributed by atoms with van der Waals surface area (Å²) in [6.45, 7) is 6.41. The number of nitrogens with one attached hydrogen (secondary N) is 1. The zero-order valence-corrected chi connectivity index (χ0v) is 40.7. The standard InChI is InChI=1S/C56H99NO5/c1-4-7-10-13-16-19-22-24-26-27-28-29-31-34-37-40-43-46-49-56(61)62-52(47-44-41-38-35-33-30-25-23-20-17-14-11-8-5-2)50-55(60)57-53(51-58)54(59)48-45-42-39-36-32-21-18-15-12-9-6-3/h16,19,22,24,26-30,33,35,38,52-54,58-59H,4-15,17-18,20-21,23,25,31-32,34,36-37,39-51H2,1-3H3,(H,57,60)/b19-16+,24-22+,27-26+,29-28+,33-30+,38-35+. The fourth-order valence-corrected chi connectivity index (χ4v) is 7.61. The average Bonchev–Trinajstić information content (AvgIpc) is 3.26. The number of rotatable bonds is 46. The van der Waals surface area contributed by atoms with Crippen molar-refractivity contribution in [1.82, 2.24) is 5.32 Å². The van der Waals surface area contributed by atoms with E-state index in [-0.39, 0.29) is 24.9 Å². The quantitative estimate of drug-likeness (QED) is 0.0322. The van der Waals surface area contributed by atoms with E-state index < -0.39 is 18.2 Å². The van der Waals surface area contributed by atoms with Gasteiger partial charge in [0, 0.05) is 6.42 Å². The Labute approximate surface area is 383 Å². The number of carbonyl (C=O) groups is 2. The van der Waals surface area contributed by atoms with Gasteiger partial charge in [0.2, 0.25) is 5.91 Å². The average molecular weight is 866 g/mol. The van der Waals surface area contributed by atoms with Gasteiger partial charge >= 0.3 is 5.97 Å². The molecule has 0 heterocycles. The first kappa shape index (κ1) is 59.3. The monoisotopic (exact) mass is 866 g/mol. The van der Waals surface area contributed by atoms with E-state index in [1.807, 2.05) is 0 Å². The van der Waals surface area contributed by atoms with Gasteiger partial charge in [0.15, 0.2) is 0 Å². The van der Waals surface area contributed by atoms with Gasteiger partial charge in [-0.3, -0.25) is 9.59 Å². The molecule has 3 atom stereocenters. The Morgan fingerprint density at radius 1 is 0.468 bits per heavy atom. The van der Waals surface area contributed by atoms with Crippen molar-refractivity contribution in [2.75, 3.05) is 6.61 Å². The Balaban J connectivity index is 4.70. The molecule has 0 aromatic heterocycles. The van der Waals surface area contributed by atoms with Crippen LogP contribution in [0.15, 0.2) is 72.9 Å². The fraction of sp³-hybridized carbons (Fsp3) is 0.750. The van der Waals surface area contributed by atoms with E-state index >= 15 is 0 Å². The maximum atomic E-state index is 13.2. The summed E-state index contributed by atoms with van der Waals surface area (Å²) in [6.07, 6.45) is 62.4. The second-order valence-electron chi connectivity index (χ2n) is 17.7. The lowest BCUT2D eigenvalue weighted by molar-refractivity contribution is -0.151. The summed E-state index contributed by atoms with van der Waals surface area (Å²) in [6, 6.07) is -0.723. The molecule has 0 aliphatic carbocycles. The van der Waals surface area contributed by atoms with Gasteiger partial charge in [-0.1, -0.05) is 235 Å². The van der Waals surface area contributed by atoms with Crippen molar-refractivity contribution in [2.24, 2.45) is 0 Å². The number of amides is 1. The van der Waals surface area contributed by atoms with Crippen LogP contribution in [-0.4, -0.2) is 46.9 Å². The van der Waals surface area contributed by atoms with Gasteiger partial charge in [-0.15, -0.1) is 0 Å². The predicted molar refractivity (Wildman–Crippen MR) is 268 cm³/mol. The zero-order chi connectivity index (χ0) is 45.2. The van der Waals surface area contributed by atoms with Crippen LogP contribution in [0.25, 0.3) is 0 Å². The van der Waals surface area contributed by atoms with Crippen LogP contribution in [0.3, 0.4) is 0 Å². The molecule has 0 saturated heterocycles. The van der Waals surface area contributed by atoms with Crippen molar-refractivity contribution in [3.8, 4) is 0 Å². The third kappa shape index (κ3) is 43.9. The molecule has 0 fully saturated rings. The number of ether oxygens (including phenoxy) is 1. The molecule has 0 aliphatic heterocycles. The number of hydrogen-bond donors (Lipinski definition) is 3. The van der Waals surface area contributed by atoms with Crippen LogP contribution in [0.5, 0.6) is 0 Å². The molecule has 0 saturated carbocycles. The highest BCUT2D eigenvalue weighted by atomic mass is 16.5. The number of aliphatic hydroxyl groups is 2. The van der Waals surface area contributed by atoms with Crippen LogP contribution >= 0.6 is 0 Å². The highest BCUT2D eigenvalue weighted by Crippen LogP contribution is 2.17. The Bertz CT molecular complexity index is 1150. The van der Waals surface area contributed by atoms with Gasteiger partial charge in [-0.05, 0) is 70.6 Å². The van der Waals surface area contributed by atoms with Crippen molar-refractivity contribution in [2.45, 2.75) is 264 Å². The van der Waals surface area contributed by atoms with Gasteiger partial charge in [-0.25, -0.2) is 0 Å². The first-order chi connectivity index (χ1) is 30.5. The minimum atomic E-state index is -0.805. The summed E-state index contributed by atoms with van der Waals surface area (Å²) in [4.78, 5) is 26.1. The van der Waals surface area contributed by atoms with Gasteiger partial charge in [0.25, 0.3) is 0 Å². The molecule has 3 unspecified atom stereocenters. The second kappa shape index (κ2) is 49.3. The van der Waals surface area contributed by atoms with Crippen molar-refractivity contribution in [1.29, 1.82) is 0 Å². The van der Waals surface area contributed by atoms with Crippen molar-refractivity contribution in [3.63, 3.8) is 0 Å². The lowest BCUT2D eigenvalue weighted by atomic mass is 10.0. The summed E-state index contributed by atoms with van der Waals surface area (Å²) in [5.74, 6) is -0.548. The van der Waals surface area contributed by atoms with Crippen molar-refractivity contribution < 1.29 is 24.5 Å². The molecule has 0 aromatic rings. The van der Waals surface area contributed by atoms with E-state index in [1.54, 1.807) is 0 Å². The molecular weight excluding hydrogens is 767 g/mol. The molecule has 358 valence electrons. The maximum absolute atomic E-state index is 13.2. The second-order valence-corrected chi connectivity index (χ2v) is 17.7. The summed E-state index contributed by atoms with van der Waals surface area (Å²) in [5.41, 5.74) is 0. The van der Waals surface area contributed by atoms with Gasteiger partial charge < -0.3 is 20.3 Å². The molecule has 0 aromatic carbocycles. The third-order valence-electron chi connectivity index (χ3n) is 11.6. The van der Waals surface area contributed by atoms with E-state index in [4.69, 9.17) is 4.74 Å². The molecular formula is C56H99NO5. The first-order valence-corrected chi connectivity index (χ1v) is 26.2. The van der Waals surface area contributed by atoms with Crippen LogP contribution in [0.1, 0.15) is 245 Å². The molecule has 0 rings (SSSR count).